The Morgan fingerprint density at radius 1 is 1.00 bits per heavy atom. The third-order valence-corrected chi connectivity index (χ3v) is 5.64. The van der Waals surface area contributed by atoms with Crippen LogP contribution in [0.5, 0.6) is 0 Å². The number of H-pyrrole nitrogens is 1. The van der Waals surface area contributed by atoms with E-state index in [1.807, 2.05) is 76.8 Å². The van der Waals surface area contributed by atoms with Gasteiger partial charge in [0.1, 0.15) is 0 Å². The zero-order valence-electron chi connectivity index (χ0n) is 17.4. The highest BCUT2D eigenvalue weighted by Crippen LogP contribution is 2.41. The second-order valence-electron chi connectivity index (χ2n) is 7.33. The first kappa shape index (κ1) is 20.2. The van der Waals surface area contributed by atoms with Crippen LogP contribution >= 0.6 is 11.6 Å². The van der Waals surface area contributed by atoms with E-state index in [2.05, 4.69) is 11.1 Å². The van der Waals surface area contributed by atoms with Crippen LogP contribution in [0.2, 0.25) is 5.02 Å². The molecule has 0 saturated heterocycles. The molecule has 7 heteroatoms. The number of hydrogen-bond donors (Lipinski definition) is 1. The van der Waals surface area contributed by atoms with Gasteiger partial charge in [-0.2, -0.15) is 0 Å². The van der Waals surface area contributed by atoms with Gasteiger partial charge in [-0.1, -0.05) is 48.0 Å². The lowest BCUT2D eigenvalue weighted by Crippen LogP contribution is -2.39. The first-order chi connectivity index (χ1) is 15.7. The van der Waals surface area contributed by atoms with Gasteiger partial charge in [-0.3, -0.25) is 4.90 Å². The molecular formula is C25H21ClN4O2. The summed E-state index contributed by atoms with van der Waals surface area (Å²) in [7, 11) is 0. The third kappa shape index (κ3) is 3.48. The number of carbonyl (C=O) groups is 1. The molecule has 2 heterocycles. The SMILES string of the molecule is CCOC(=O)C1=NN(c2ccccc2)[C@H](c2c[nH]c3ccccc23)N1c1ccc(Cl)cc1. The number of halogens is 1. The number of aromatic amines is 1. The van der Waals surface area contributed by atoms with Crippen molar-refractivity contribution in [3.05, 3.63) is 95.6 Å². The van der Waals surface area contributed by atoms with Crippen LogP contribution in [0.1, 0.15) is 18.7 Å². The lowest BCUT2D eigenvalue weighted by molar-refractivity contribution is -0.135. The first-order valence-corrected chi connectivity index (χ1v) is 10.8. The molecule has 1 aliphatic heterocycles. The second-order valence-corrected chi connectivity index (χ2v) is 7.77. The van der Waals surface area contributed by atoms with Crippen LogP contribution in [0.4, 0.5) is 11.4 Å². The van der Waals surface area contributed by atoms with Gasteiger partial charge in [0.05, 0.1) is 12.3 Å². The van der Waals surface area contributed by atoms with Crippen molar-refractivity contribution in [2.75, 3.05) is 16.5 Å². The molecule has 32 heavy (non-hydrogen) atoms. The molecular weight excluding hydrogens is 424 g/mol. The van der Waals surface area contributed by atoms with E-state index in [1.54, 1.807) is 19.1 Å². The van der Waals surface area contributed by atoms with Gasteiger partial charge >= 0.3 is 5.97 Å². The number of nitrogens with zero attached hydrogens (tertiary/aromatic N) is 3. The number of nitrogens with one attached hydrogen (secondary N) is 1. The second kappa shape index (κ2) is 8.40. The fraction of sp³-hybridized carbons (Fsp3) is 0.120. The minimum Gasteiger partial charge on any atom is -0.460 e. The molecule has 1 N–H and O–H groups in total. The molecule has 0 aliphatic carbocycles. The number of ether oxygens (including phenoxy) is 1. The molecule has 0 amide bonds. The summed E-state index contributed by atoms with van der Waals surface area (Å²) in [6, 6.07) is 25.2. The monoisotopic (exact) mass is 444 g/mol. The molecule has 0 bridgehead atoms. The highest BCUT2D eigenvalue weighted by Gasteiger charge is 2.42. The third-order valence-electron chi connectivity index (χ3n) is 5.39. The maximum absolute atomic E-state index is 13.0. The zero-order chi connectivity index (χ0) is 22.1. The minimum atomic E-state index is -0.481. The number of hydrogen-bond acceptors (Lipinski definition) is 5. The smallest absolute Gasteiger partial charge is 0.376 e. The Hall–Kier alpha value is -3.77. The molecule has 1 atom stereocenters. The Kier molecular flexibility index (Phi) is 5.29. The summed E-state index contributed by atoms with van der Waals surface area (Å²) in [5.41, 5.74) is 3.65. The van der Waals surface area contributed by atoms with E-state index < -0.39 is 12.1 Å². The van der Waals surface area contributed by atoms with Gasteiger partial charge in [0.25, 0.3) is 0 Å². The summed E-state index contributed by atoms with van der Waals surface area (Å²) in [6.07, 6.45) is 1.56. The predicted octanol–water partition coefficient (Wildman–Crippen LogP) is 5.72. The Bertz CT molecular complexity index is 1280. The quantitative estimate of drug-likeness (QED) is 0.400. The van der Waals surface area contributed by atoms with E-state index in [-0.39, 0.29) is 12.4 Å². The van der Waals surface area contributed by atoms with E-state index >= 15 is 0 Å². The molecule has 0 radical (unpaired) electrons. The van der Waals surface area contributed by atoms with Crippen molar-refractivity contribution in [3.63, 3.8) is 0 Å². The number of rotatable bonds is 5. The van der Waals surface area contributed by atoms with Crippen molar-refractivity contribution >= 4 is 45.7 Å². The normalized spacial score (nSPS) is 15.8. The molecule has 6 nitrogen and oxygen atoms in total. The van der Waals surface area contributed by atoms with E-state index in [9.17, 15) is 4.79 Å². The van der Waals surface area contributed by atoms with E-state index in [0.29, 0.717) is 5.02 Å². The fourth-order valence-corrected chi connectivity index (χ4v) is 4.11. The minimum absolute atomic E-state index is 0.216. The molecule has 1 aromatic heterocycles. The number of esters is 1. The maximum Gasteiger partial charge on any atom is 0.376 e. The summed E-state index contributed by atoms with van der Waals surface area (Å²) >= 11 is 6.15. The van der Waals surface area contributed by atoms with E-state index in [1.165, 1.54) is 0 Å². The Morgan fingerprint density at radius 2 is 1.72 bits per heavy atom. The summed E-state index contributed by atoms with van der Waals surface area (Å²) in [4.78, 5) is 18.2. The molecule has 3 aromatic carbocycles. The van der Waals surface area contributed by atoms with Crippen molar-refractivity contribution in [1.82, 2.24) is 4.98 Å². The summed E-state index contributed by atoms with van der Waals surface area (Å²) in [6.45, 7) is 2.04. The number of anilines is 2. The largest absolute Gasteiger partial charge is 0.460 e. The van der Waals surface area contributed by atoms with Gasteiger partial charge in [0.15, 0.2) is 6.17 Å². The fourth-order valence-electron chi connectivity index (χ4n) is 3.99. The van der Waals surface area contributed by atoms with Crippen molar-refractivity contribution in [3.8, 4) is 0 Å². The summed E-state index contributed by atoms with van der Waals surface area (Å²) in [5.74, 6) is -0.265. The van der Waals surface area contributed by atoms with Gasteiger partial charge in [0.2, 0.25) is 5.84 Å². The van der Waals surface area contributed by atoms with Gasteiger partial charge in [0, 0.05) is 33.4 Å². The maximum atomic E-state index is 13.0. The Labute approximate surface area is 190 Å². The standard InChI is InChI=1S/C25H21ClN4O2/c1-2-32-25(31)23-28-30(19-8-4-3-5-9-19)24(29(23)18-14-12-17(26)13-15-18)21-16-27-22-11-7-6-10-20(21)22/h3-16,24,27H,2H2,1H3/t24-/m1/s1. The van der Waals surface area contributed by atoms with Crippen LogP contribution in [-0.2, 0) is 9.53 Å². The van der Waals surface area contributed by atoms with Crippen LogP contribution in [0.3, 0.4) is 0 Å². The molecule has 0 saturated carbocycles. The molecule has 4 aromatic rings. The predicted molar refractivity (Wildman–Crippen MR) is 128 cm³/mol. The number of fused-ring (bicyclic) bond motifs is 1. The van der Waals surface area contributed by atoms with Gasteiger partial charge in [-0.15, -0.1) is 5.10 Å². The van der Waals surface area contributed by atoms with Crippen LogP contribution in [0.15, 0.2) is 90.2 Å². The number of para-hydroxylation sites is 2. The highest BCUT2D eigenvalue weighted by atomic mass is 35.5. The summed E-state index contributed by atoms with van der Waals surface area (Å²) < 4.78 is 5.37. The number of carbonyl (C=O) groups excluding carboxylic acids is 1. The van der Waals surface area contributed by atoms with Crippen LogP contribution in [0, 0.1) is 0 Å². The molecule has 160 valence electrons. The van der Waals surface area contributed by atoms with E-state index in [0.717, 1.165) is 27.8 Å². The van der Waals surface area contributed by atoms with Crippen LogP contribution in [0.25, 0.3) is 10.9 Å². The molecule has 0 spiro atoms. The van der Waals surface area contributed by atoms with Crippen molar-refractivity contribution in [1.29, 1.82) is 0 Å². The number of benzene rings is 3. The van der Waals surface area contributed by atoms with Crippen LogP contribution in [-0.4, -0.2) is 23.4 Å². The topological polar surface area (TPSA) is 60.9 Å². The lowest BCUT2D eigenvalue weighted by atomic mass is 10.1. The Balaban J connectivity index is 1.73. The van der Waals surface area contributed by atoms with Crippen molar-refractivity contribution in [2.45, 2.75) is 13.1 Å². The molecule has 5 rings (SSSR count). The van der Waals surface area contributed by atoms with Gasteiger partial charge < -0.3 is 9.72 Å². The van der Waals surface area contributed by atoms with Gasteiger partial charge in [-0.25, -0.2) is 9.80 Å². The molecule has 0 unspecified atom stereocenters. The molecule has 1 aliphatic rings. The average Bonchev–Trinajstić information content (AvgIpc) is 3.42. The Morgan fingerprint density at radius 3 is 2.47 bits per heavy atom. The number of aromatic nitrogens is 1. The van der Waals surface area contributed by atoms with Gasteiger partial charge in [-0.05, 0) is 49.4 Å². The summed E-state index contributed by atoms with van der Waals surface area (Å²) in [5, 5.41) is 8.28. The van der Waals surface area contributed by atoms with E-state index in [4.69, 9.17) is 21.4 Å². The first-order valence-electron chi connectivity index (χ1n) is 10.4. The van der Waals surface area contributed by atoms with Crippen molar-refractivity contribution in [2.24, 2.45) is 5.10 Å². The van der Waals surface area contributed by atoms with Crippen molar-refractivity contribution < 1.29 is 9.53 Å². The molecule has 0 fully saturated rings. The van der Waals surface area contributed by atoms with Crippen LogP contribution < -0.4 is 9.91 Å². The highest BCUT2D eigenvalue weighted by molar-refractivity contribution is 6.42. The number of hydrazone groups is 1. The number of amidine groups is 1. The zero-order valence-corrected chi connectivity index (χ0v) is 18.2. The lowest BCUT2D eigenvalue weighted by Gasteiger charge is -2.31. The average molecular weight is 445 g/mol.